The van der Waals surface area contributed by atoms with E-state index in [0.717, 1.165) is 12.5 Å². The highest BCUT2D eigenvalue weighted by Gasteiger charge is 2.65. The Balaban J connectivity index is 1.86. The maximum atomic E-state index is 13.2. The van der Waals surface area contributed by atoms with Crippen LogP contribution in [0, 0.1) is 22.6 Å². The van der Waals surface area contributed by atoms with Crippen LogP contribution in [0.2, 0.25) is 5.02 Å². The van der Waals surface area contributed by atoms with Crippen molar-refractivity contribution in [2.45, 2.75) is 33.1 Å². The molecular formula is C16H19ClFNO3S. The van der Waals surface area contributed by atoms with E-state index in [-0.39, 0.29) is 33.6 Å². The van der Waals surface area contributed by atoms with Gasteiger partial charge in [0.05, 0.1) is 21.9 Å². The summed E-state index contributed by atoms with van der Waals surface area (Å²) in [5.74, 6) is -0.553. The van der Waals surface area contributed by atoms with Crippen LogP contribution < -0.4 is 4.72 Å². The third kappa shape index (κ3) is 2.56. The molecule has 2 aliphatic rings. The Labute approximate surface area is 140 Å². The van der Waals surface area contributed by atoms with E-state index in [1.165, 1.54) is 12.1 Å². The summed E-state index contributed by atoms with van der Waals surface area (Å²) in [5.41, 5.74) is -0.947. The molecule has 23 heavy (non-hydrogen) atoms. The minimum Gasteiger partial charge on any atom is -0.299 e. The highest BCUT2D eigenvalue weighted by atomic mass is 35.5. The van der Waals surface area contributed by atoms with E-state index in [2.05, 4.69) is 4.72 Å². The molecule has 2 atom stereocenters. The van der Waals surface area contributed by atoms with Gasteiger partial charge in [-0.25, -0.2) is 12.8 Å². The van der Waals surface area contributed by atoms with E-state index in [9.17, 15) is 17.6 Å². The van der Waals surface area contributed by atoms with E-state index in [0.29, 0.717) is 12.8 Å². The van der Waals surface area contributed by atoms with Gasteiger partial charge in [-0.15, -0.1) is 0 Å². The number of sulfonamides is 1. The van der Waals surface area contributed by atoms with E-state index in [1.54, 1.807) is 0 Å². The molecule has 0 aliphatic heterocycles. The summed E-state index contributed by atoms with van der Waals surface area (Å²) in [4.78, 5) is 12.4. The zero-order valence-corrected chi connectivity index (χ0v) is 14.6. The Kier molecular flexibility index (Phi) is 3.76. The zero-order chi connectivity index (χ0) is 17.0. The molecule has 4 nitrogen and oxygen atoms in total. The fourth-order valence-corrected chi connectivity index (χ4v) is 6.27. The van der Waals surface area contributed by atoms with Crippen LogP contribution in [0.15, 0.2) is 18.2 Å². The third-order valence-corrected chi connectivity index (χ3v) is 7.48. The highest BCUT2D eigenvalue weighted by molar-refractivity contribution is 7.92. The third-order valence-electron chi connectivity index (χ3n) is 5.77. The summed E-state index contributed by atoms with van der Waals surface area (Å²) in [7, 11) is -3.75. The molecule has 0 amide bonds. The summed E-state index contributed by atoms with van der Waals surface area (Å²) < 4.78 is 40.7. The summed E-state index contributed by atoms with van der Waals surface area (Å²) in [6, 6.07) is 3.65. The first-order valence-electron chi connectivity index (χ1n) is 7.56. The molecule has 0 heterocycles. The van der Waals surface area contributed by atoms with E-state index in [1.807, 2.05) is 13.8 Å². The van der Waals surface area contributed by atoms with Gasteiger partial charge >= 0.3 is 0 Å². The van der Waals surface area contributed by atoms with Crippen LogP contribution in [-0.2, 0) is 14.8 Å². The second-order valence-electron chi connectivity index (χ2n) is 7.16. The molecule has 2 saturated carbocycles. The Morgan fingerprint density at radius 2 is 2.09 bits per heavy atom. The van der Waals surface area contributed by atoms with Gasteiger partial charge in [0, 0.05) is 6.42 Å². The van der Waals surface area contributed by atoms with Crippen molar-refractivity contribution in [1.82, 2.24) is 0 Å². The summed E-state index contributed by atoms with van der Waals surface area (Å²) in [5, 5.41) is -0.151. The SMILES string of the molecule is CC1(C)[C@@H]2CC[C@@]1(CS(=O)(=O)Nc1ccc(F)c(Cl)c1)C(=O)C2. The van der Waals surface area contributed by atoms with Gasteiger partial charge < -0.3 is 0 Å². The van der Waals surface area contributed by atoms with Crippen LogP contribution in [-0.4, -0.2) is 20.0 Å². The van der Waals surface area contributed by atoms with Crippen LogP contribution >= 0.6 is 11.6 Å². The molecule has 1 aromatic rings. The number of benzene rings is 1. The van der Waals surface area contributed by atoms with Gasteiger partial charge in [0.1, 0.15) is 11.6 Å². The quantitative estimate of drug-likeness (QED) is 0.893. The average molecular weight is 360 g/mol. The fraction of sp³-hybridized carbons (Fsp3) is 0.562. The second kappa shape index (κ2) is 5.18. The smallest absolute Gasteiger partial charge is 0.233 e. The van der Waals surface area contributed by atoms with Crippen LogP contribution in [0.25, 0.3) is 0 Å². The average Bonchev–Trinajstić information content (AvgIpc) is 2.76. The summed E-state index contributed by atoms with van der Waals surface area (Å²) in [6.07, 6.45) is 1.95. The molecule has 0 unspecified atom stereocenters. The summed E-state index contributed by atoms with van der Waals surface area (Å²) in [6.45, 7) is 3.97. The van der Waals surface area contributed by atoms with Crippen molar-refractivity contribution in [2.24, 2.45) is 16.7 Å². The molecule has 0 radical (unpaired) electrons. The largest absolute Gasteiger partial charge is 0.299 e. The molecule has 2 fully saturated rings. The molecule has 7 heteroatoms. The minimum absolute atomic E-state index is 0.0428. The minimum atomic E-state index is -3.75. The Morgan fingerprint density at radius 1 is 1.39 bits per heavy atom. The molecule has 2 bridgehead atoms. The van der Waals surface area contributed by atoms with Crippen molar-refractivity contribution in [1.29, 1.82) is 0 Å². The molecule has 0 saturated heterocycles. The number of Topliss-reactive ketones (excluding diaryl/α,β-unsaturated/α-hetero) is 1. The lowest BCUT2D eigenvalue weighted by molar-refractivity contribution is -0.128. The first-order chi connectivity index (χ1) is 10.6. The van der Waals surface area contributed by atoms with Gasteiger partial charge in [-0.05, 0) is 42.4 Å². The Bertz CT molecular complexity index is 778. The van der Waals surface area contributed by atoms with E-state index in [4.69, 9.17) is 11.6 Å². The number of hydrogen-bond donors (Lipinski definition) is 1. The molecule has 1 N–H and O–H groups in total. The van der Waals surface area contributed by atoms with E-state index < -0.39 is 21.3 Å². The van der Waals surface area contributed by atoms with Gasteiger partial charge in [-0.3, -0.25) is 9.52 Å². The van der Waals surface area contributed by atoms with Crippen molar-refractivity contribution < 1.29 is 17.6 Å². The molecule has 0 aromatic heterocycles. The Morgan fingerprint density at radius 3 is 2.61 bits per heavy atom. The number of rotatable bonds is 4. The first-order valence-corrected chi connectivity index (χ1v) is 9.59. The number of hydrogen-bond acceptors (Lipinski definition) is 3. The maximum Gasteiger partial charge on any atom is 0.233 e. The highest BCUT2D eigenvalue weighted by Crippen LogP contribution is 2.64. The predicted octanol–water partition coefficient (Wildman–Crippen LogP) is 3.62. The van der Waals surface area contributed by atoms with Gasteiger partial charge in [0.25, 0.3) is 0 Å². The van der Waals surface area contributed by atoms with Gasteiger partial charge in [-0.1, -0.05) is 25.4 Å². The molecule has 0 spiro atoms. The number of halogens is 2. The van der Waals surface area contributed by atoms with E-state index >= 15 is 0 Å². The van der Waals surface area contributed by atoms with Crippen LogP contribution in [0.4, 0.5) is 10.1 Å². The number of fused-ring (bicyclic) bond motifs is 2. The molecule has 3 rings (SSSR count). The lowest BCUT2D eigenvalue weighted by Gasteiger charge is -2.36. The fourth-order valence-electron chi connectivity index (χ4n) is 4.21. The molecule has 126 valence electrons. The van der Waals surface area contributed by atoms with Gasteiger partial charge in [0.2, 0.25) is 10.0 Å². The standard InChI is InChI=1S/C16H19ClFNO3S/c1-15(2)10-5-6-16(15,14(20)7-10)9-23(21,22)19-11-3-4-13(18)12(17)8-11/h3-4,8,10,19H,5-7,9H2,1-2H3/t10-,16-/m1/s1. The van der Waals surface area contributed by atoms with Crippen molar-refractivity contribution >= 4 is 33.1 Å². The maximum absolute atomic E-state index is 13.2. The molecule has 1 aromatic carbocycles. The van der Waals surface area contributed by atoms with Gasteiger partial charge in [-0.2, -0.15) is 0 Å². The second-order valence-corrected chi connectivity index (χ2v) is 9.29. The lowest BCUT2D eigenvalue weighted by atomic mass is 9.70. The number of anilines is 1. The number of carbonyl (C=O) groups is 1. The topological polar surface area (TPSA) is 63.2 Å². The number of carbonyl (C=O) groups excluding carboxylic acids is 1. The van der Waals surface area contributed by atoms with Crippen LogP contribution in [0.3, 0.4) is 0 Å². The lowest BCUT2D eigenvalue weighted by Crippen LogP contribution is -2.43. The molecular weight excluding hydrogens is 341 g/mol. The van der Waals surface area contributed by atoms with Crippen molar-refractivity contribution in [2.75, 3.05) is 10.5 Å². The van der Waals surface area contributed by atoms with Crippen molar-refractivity contribution in [3.63, 3.8) is 0 Å². The van der Waals surface area contributed by atoms with Crippen LogP contribution in [0.1, 0.15) is 33.1 Å². The van der Waals surface area contributed by atoms with Crippen LogP contribution in [0.5, 0.6) is 0 Å². The summed E-state index contributed by atoms with van der Waals surface area (Å²) >= 11 is 5.68. The first kappa shape index (κ1) is 16.7. The van der Waals surface area contributed by atoms with Crippen molar-refractivity contribution in [3.05, 3.63) is 29.0 Å². The zero-order valence-electron chi connectivity index (χ0n) is 13.0. The predicted molar refractivity (Wildman–Crippen MR) is 87.4 cm³/mol. The number of ketones is 1. The molecule has 2 aliphatic carbocycles. The monoisotopic (exact) mass is 359 g/mol. The van der Waals surface area contributed by atoms with Crippen molar-refractivity contribution in [3.8, 4) is 0 Å². The number of nitrogens with one attached hydrogen (secondary N) is 1. The Hall–Kier alpha value is -1.14. The van der Waals surface area contributed by atoms with Gasteiger partial charge in [0.15, 0.2) is 0 Å². The normalized spacial score (nSPS) is 29.0.